The summed E-state index contributed by atoms with van der Waals surface area (Å²) in [5, 5.41) is 2.89. The predicted molar refractivity (Wildman–Crippen MR) is 126 cm³/mol. The molecule has 0 aliphatic carbocycles. The third-order valence-corrected chi connectivity index (χ3v) is 4.99. The van der Waals surface area contributed by atoms with Gasteiger partial charge in [0.25, 0.3) is 0 Å². The van der Waals surface area contributed by atoms with Gasteiger partial charge in [0.1, 0.15) is 5.60 Å². The lowest BCUT2D eigenvalue weighted by Gasteiger charge is -2.23. The van der Waals surface area contributed by atoms with E-state index in [1.54, 1.807) is 0 Å². The van der Waals surface area contributed by atoms with E-state index in [1.807, 2.05) is 58.9 Å². The van der Waals surface area contributed by atoms with E-state index in [9.17, 15) is 9.59 Å². The Bertz CT molecular complexity index is 957. The van der Waals surface area contributed by atoms with E-state index in [-0.39, 0.29) is 18.9 Å². The zero-order valence-corrected chi connectivity index (χ0v) is 20.6. The predicted octanol–water partition coefficient (Wildman–Crippen LogP) is 5.30. The molecule has 2 rings (SSSR count). The number of carbonyl (C=O) groups is 2. The van der Waals surface area contributed by atoms with Gasteiger partial charge in [-0.15, -0.1) is 0 Å². The lowest BCUT2D eigenvalue weighted by molar-refractivity contribution is -0.139. The molecule has 0 unspecified atom stereocenters. The molecule has 174 valence electrons. The van der Waals surface area contributed by atoms with E-state index < -0.39 is 11.7 Å². The van der Waals surface area contributed by atoms with Crippen molar-refractivity contribution in [2.24, 2.45) is 5.92 Å². The summed E-state index contributed by atoms with van der Waals surface area (Å²) in [5.74, 6) is 0.0467. The van der Waals surface area contributed by atoms with Crippen molar-refractivity contribution >= 4 is 12.1 Å². The van der Waals surface area contributed by atoms with Crippen molar-refractivity contribution in [1.29, 1.82) is 0 Å². The van der Waals surface area contributed by atoms with Crippen LogP contribution in [0.3, 0.4) is 0 Å². The van der Waals surface area contributed by atoms with Gasteiger partial charge >= 0.3 is 12.1 Å². The summed E-state index contributed by atoms with van der Waals surface area (Å²) in [5.41, 5.74) is 5.88. The second-order valence-corrected chi connectivity index (χ2v) is 9.55. The average Bonchev–Trinajstić information content (AvgIpc) is 2.67. The molecule has 1 aromatic carbocycles. The smallest absolute Gasteiger partial charge is 0.407 e. The number of carbonyl (C=O) groups excluding carboxylic acids is 2. The molecule has 0 atom stereocenters. The van der Waals surface area contributed by atoms with E-state index in [0.717, 1.165) is 45.6 Å². The summed E-state index contributed by atoms with van der Waals surface area (Å²) in [6.45, 7) is 14.0. The number of alkyl carbamates (subject to hydrolysis) is 1. The van der Waals surface area contributed by atoms with Gasteiger partial charge in [-0.1, -0.05) is 43.7 Å². The molecule has 1 heterocycles. The minimum atomic E-state index is -0.591. The molecule has 1 aromatic heterocycles. The van der Waals surface area contributed by atoms with Gasteiger partial charge in [-0.3, -0.25) is 9.78 Å². The Morgan fingerprint density at radius 1 is 1.06 bits per heavy atom. The summed E-state index contributed by atoms with van der Waals surface area (Å²) >= 11 is 0. The Hall–Kier alpha value is -2.89. The highest BCUT2D eigenvalue weighted by Crippen LogP contribution is 2.33. The van der Waals surface area contributed by atoms with Crippen LogP contribution in [0.2, 0.25) is 0 Å². The number of hydrogen-bond acceptors (Lipinski definition) is 5. The van der Waals surface area contributed by atoms with E-state index in [4.69, 9.17) is 14.5 Å². The van der Waals surface area contributed by atoms with Gasteiger partial charge in [0, 0.05) is 23.5 Å². The zero-order valence-electron chi connectivity index (χ0n) is 20.6. The van der Waals surface area contributed by atoms with Crippen molar-refractivity contribution in [1.82, 2.24) is 10.3 Å². The fourth-order valence-corrected chi connectivity index (χ4v) is 3.57. The molecule has 32 heavy (non-hydrogen) atoms. The fraction of sp³-hybridized carbons (Fsp3) is 0.500. The zero-order chi connectivity index (χ0) is 24.1. The van der Waals surface area contributed by atoms with Crippen LogP contribution in [0.1, 0.15) is 62.7 Å². The quantitative estimate of drug-likeness (QED) is 0.591. The maximum Gasteiger partial charge on any atom is 0.407 e. The van der Waals surface area contributed by atoms with Crippen LogP contribution in [-0.2, 0) is 33.7 Å². The molecule has 6 heteroatoms. The standard InChI is InChI=1S/C26H36N2O4/c1-16(2)13-22-21(15-27-25(30)32-26(5,6)7)24(19-11-9-17(3)10-12-19)20(18(4)28-22)14-23(29)31-8/h9-12,16H,13-15H2,1-8H3,(H,27,30). The molecule has 0 bridgehead atoms. The third kappa shape index (κ3) is 7.08. The summed E-state index contributed by atoms with van der Waals surface area (Å²) < 4.78 is 10.4. The van der Waals surface area contributed by atoms with Crippen molar-refractivity contribution in [3.05, 3.63) is 52.3 Å². The molecular formula is C26H36N2O4. The number of hydrogen-bond donors (Lipinski definition) is 1. The second-order valence-electron chi connectivity index (χ2n) is 9.55. The first-order valence-corrected chi connectivity index (χ1v) is 11.0. The van der Waals surface area contributed by atoms with Crippen molar-refractivity contribution in [3.63, 3.8) is 0 Å². The fourth-order valence-electron chi connectivity index (χ4n) is 3.57. The molecule has 0 spiro atoms. The highest BCUT2D eigenvalue weighted by Gasteiger charge is 2.23. The number of methoxy groups -OCH3 is 1. The van der Waals surface area contributed by atoms with Crippen molar-refractivity contribution in [3.8, 4) is 11.1 Å². The monoisotopic (exact) mass is 440 g/mol. The number of benzene rings is 1. The van der Waals surface area contributed by atoms with Crippen LogP contribution >= 0.6 is 0 Å². The van der Waals surface area contributed by atoms with E-state index >= 15 is 0 Å². The summed E-state index contributed by atoms with van der Waals surface area (Å²) in [6, 6.07) is 8.17. The normalized spacial score (nSPS) is 11.4. The first kappa shape index (κ1) is 25.4. The van der Waals surface area contributed by atoms with Crippen LogP contribution < -0.4 is 5.32 Å². The number of rotatable bonds is 7. The van der Waals surface area contributed by atoms with Crippen LogP contribution in [0.5, 0.6) is 0 Å². The maximum atomic E-state index is 12.4. The van der Waals surface area contributed by atoms with Crippen LogP contribution in [-0.4, -0.2) is 29.8 Å². The lowest BCUT2D eigenvalue weighted by atomic mass is 9.88. The summed E-state index contributed by atoms with van der Waals surface area (Å²) in [4.78, 5) is 29.5. The molecule has 1 amide bonds. The van der Waals surface area contributed by atoms with Crippen LogP contribution in [0.4, 0.5) is 4.79 Å². The molecule has 0 aliphatic rings. The largest absolute Gasteiger partial charge is 0.469 e. The van der Waals surface area contributed by atoms with Crippen molar-refractivity contribution < 1.29 is 19.1 Å². The molecule has 0 aliphatic heterocycles. The third-order valence-electron chi connectivity index (χ3n) is 4.99. The molecule has 1 N–H and O–H groups in total. The second kappa shape index (κ2) is 10.6. The Kier molecular flexibility index (Phi) is 8.42. The van der Waals surface area contributed by atoms with Gasteiger partial charge in [0.05, 0.1) is 13.5 Å². The van der Waals surface area contributed by atoms with E-state index in [2.05, 4.69) is 19.2 Å². The molecule has 0 fully saturated rings. The number of amides is 1. The van der Waals surface area contributed by atoms with Crippen molar-refractivity contribution in [2.45, 2.75) is 73.5 Å². The summed E-state index contributed by atoms with van der Waals surface area (Å²) in [7, 11) is 1.38. The molecule has 2 aromatic rings. The van der Waals surface area contributed by atoms with Gasteiger partial charge in [-0.25, -0.2) is 4.79 Å². The van der Waals surface area contributed by atoms with Gasteiger partial charge < -0.3 is 14.8 Å². The van der Waals surface area contributed by atoms with Gasteiger partial charge in [-0.2, -0.15) is 0 Å². The number of esters is 1. The maximum absolute atomic E-state index is 12.4. The van der Waals surface area contributed by atoms with Gasteiger partial charge in [0.15, 0.2) is 0 Å². The van der Waals surface area contributed by atoms with Crippen LogP contribution in [0.25, 0.3) is 11.1 Å². The number of ether oxygens (including phenoxy) is 2. The molecule has 0 saturated carbocycles. The average molecular weight is 441 g/mol. The molecule has 6 nitrogen and oxygen atoms in total. The number of pyridine rings is 1. The van der Waals surface area contributed by atoms with Crippen LogP contribution in [0, 0.1) is 19.8 Å². The number of nitrogens with one attached hydrogen (secondary N) is 1. The highest BCUT2D eigenvalue weighted by molar-refractivity contribution is 5.81. The highest BCUT2D eigenvalue weighted by atomic mass is 16.6. The Balaban J connectivity index is 2.66. The number of nitrogens with zero attached hydrogens (tertiary/aromatic N) is 1. The van der Waals surface area contributed by atoms with E-state index in [1.165, 1.54) is 7.11 Å². The summed E-state index contributed by atoms with van der Waals surface area (Å²) in [6.07, 6.45) is 0.377. The first-order valence-electron chi connectivity index (χ1n) is 11.0. The minimum Gasteiger partial charge on any atom is -0.469 e. The van der Waals surface area contributed by atoms with Crippen LogP contribution in [0.15, 0.2) is 24.3 Å². The number of aromatic nitrogens is 1. The SMILES string of the molecule is COC(=O)Cc1c(C)nc(CC(C)C)c(CNC(=O)OC(C)(C)C)c1-c1ccc(C)cc1. The minimum absolute atomic E-state index is 0.111. The lowest BCUT2D eigenvalue weighted by Crippen LogP contribution is -2.32. The Morgan fingerprint density at radius 3 is 2.22 bits per heavy atom. The number of aryl methyl sites for hydroxylation is 2. The molecule has 0 saturated heterocycles. The first-order chi connectivity index (χ1) is 14.9. The Labute approximate surface area is 191 Å². The van der Waals surface area contributed by atoms with Gasteiger partial charge in [-0.05, 0) is 63.6 Å². The topological polar surface area (TPSA) is 77.5 Å². The van der Waals surface area contributed by atoms with Crippen molar-refractivity contribution in [2.75, 3.05) is 7.11 Å². The van der Waals surface area contributed by atoms with E-state index in [0.29, 0.717) is 5.92 Å². The molecular weight excluding hydrogens is 404 g/mol. The Morgan fingerprint density at radius 2 is 1.69 bits per heavy atom. The molecule has 0 radical (unpaired) electrons. The van der Waals surface area contributed by atoms with Gasteiger partial charge in [0.2, 0.25) is 0 Å².